The number of halogens is 2. The van der Waals surface area contributed by atoms with Crippen molar-refractivity contribution in [2.45, 2.75) is 6.92 Å². The van der Waals surface area contributed by atoms with E-state index in [0.29, 0.717) is 0 Å². The summed E-state index contributed by atoms with van der Waals surface area (Å²) in [5.74, 6) is -2.28. The van der Waals surface area contributed by atoms with Gasteiger partial charge in [-0.3, -0.25) is 9.59 Å². The van der Waals surface area contributed by atoms with Gasteiger partial charge in [0, 0.05) is 11.9 Å². The number of hydrogen-bond acceptors (Lipinski definition) is 5. The highest BCUT2D eigenvalue weighted by atomic mass is 35.5. The smallest absolute Gasteiger partial charge is 0.320 e. The molecule has 1 aromatic rings. The molecule has 0 saturated carbocycles. The molecule has 0 aromatic heterocycles. The predicted octanol–water partition coefficient (Wildman–Crippen LogP) is 2.05. The van der Waals surface area contributed by atoms with Crippen LogP contribution in [0.25, 0.3) is 0 Å². The summed E-state index contributed by atoms with van der Waals surface area (Å²) < 4.78 is 0. The number of rotatable bonds is 1. The van der Waals surface area contributed by atoms with Crippen molar-refractivity contribution in [3.63, 3.8) is 0 Å². The van der Waals surface area contributed by atoms with Crippen LogP contribution in [0.5, 0.6) is 0 Å². The number of carbonyl (C=O) groups is 3. The van der Waals surface area contributed by atoms with Crippen molar-refractivity contribution in [1.82, 2.24) is 0 Å². The molecule has 1 heterocycles. The normalized spacial score (nSPS) is 16.1. The Morgan fingerprint density at radius 3 is 2.63 bits per heavy atom. The molecule has 0 radical (unpaired) electrons. The molecule has 0 bridgehead atoms. The molecule has 2 rings (SSSR count). The van der Waals surface area contributed by atoms with Gasteiger partial charge in [0.25, 0.3) is 5.91 Å². The van der Waals surface area contributed by atoms with Crippen molar-refractivity contribution < 1.29 is 19.2 Å². The van der Waals surface area contributed by atoms with E-state index in [1.54, 1.807) is 0 Å². The van der Waals surface area contributed by atoms with Crippen molar-refractivity contribution in [3.8, 4) is 0 Å². The summed E-state index contributed by atoms with van der Waals surface area (Å²) in [6.45, 7) is 1.09. The zero-order chi connectivity index (χ0) is 14.2. The molecule has 1 N–H and O–H groups in total. The first-order valence-corrected chi connectivity index (χ1v) is 5.76. The summed E-state index contributed by atoms with van der Waals surface area (Å²) in [5.41, 5.74) is -0.308. The maximum absolute atomic E-state index is 12.1. The first kappa shape index (κ1) is 13.5. The number of anilines is 1. The van der Waals surface area contributed by atoms with E-state index in [4.69, 9.17) is 23.2 Å². The van der Waals surface area contributed by atoms with Crippen LogP contribution in [0, 0.1) is 0 Å². The minimum Gasteiger partial charge on any atom is -0.320 e. The fourth-order valence-corrected chi connectivity index (χ4v) is 2.08. The molecule has 1 amide bonds. The van der Waals surface area contributed by atoms with Gasteiger partial charge in [0.15, 0.2) is 0 Å². The molecule has 19 heavy (non-hydrogen) atoms. The van der Waals surface area contributed by atoms with Gasteiger partial charge in [0.2, 0.25) is 11.5 Å². The maximum atomic E-state index is 12.1. The lowest BCUT2D eigenvalue weighted by Gasteiger charge is -2.17. The molecule has 0 spiro atoms. The number of fused-ring (bicyclic) bond motifs is 1. The van der Waals surface area contributed by atoms with Crippen LogP contribution in [0.4, 0.5) is 5.69 Å². The second-order valence-electron chi connectivity index (χ2n) is 3.62. The molecule has 0 atom stereocenters. The molecule has 1 aromatic carbocycles. The van der Waals surface area contributed by atoms with Gasteiger partial charge in [-0.2, -0.15) is 0 Å². The van der Waals surface area contributed by atoms with Crippen molar-refractivity contribution >= 4 is 52.3 Å². The lowest BCUT2D eigenvalue weighted by atomic mass is 10.00. The molecular formula is C11H6Cl2N2O4. The highest BCUT2D eigenvalue weighted by molar-refractivity contribution is 6.73. The number of Topliss-reactive ketones (excluding diaryl/α,β-unsaturated/α-hetero) is 1. The van der Waals surface area contributed by atoms with E-state index in [9.17, 15) is 14.4 Å². The third-order valence-electron chi connectivity index (χ3n) is 2.23. The molecule has 6 nitrogen and oxygen atoms in total. The number of oxime groups is 1. The van der Waals surface area contributed by atoms with Gasteiger partial charge in [0.1, 0.15) is 0 Å². The first-order valence-electron chi connectivity index (χ1n) is 5.01. The van der Waals surface area contributed by atoms with E-state index in [1.165, 1.54) is 12.1 Å². The van der Waals surface area contributed by atoms with Gasteiger partial charge >= 0.3 is 5.97 Å². The number of nitrogens with zero attached hydrogens (tertiary/aromatic N) is 1. The number of ketones is 1. The molecule has 8 heteroatoms. The summed E-state index contributed by atoms with van der Waals surface area (Å²) in [6.07, 6.45) is 0. The molecule has 0 aliphatic carbocycles. The van der Waals surface area contributed by atoms with Crippen LogP contribution in [0.1, 0.15) is 17.3 Å². The quantitative estimate of drug-likeness (QED) is 0.635. The van der Waals surface area contributed by atoms with Gasteiger partial charge in [-0.1, -0.05) is 28.4 Å². The largest absolute Gasteiger partial charge is 0.332 e. The molecule has 98 valence electrons. The third-order valence-corrected chi connectivity index (χ3v) is 2.74. The molecule has 0 saturated heterocycles. The Morgan fingerprint density at radius 2 is 2.00 bits per heavy atom. The molecule has 1 aliphatic rings. The number of carbonyl (C=O) groups excluding carboxylic acids is 3. The summed E-state index contributed by atoms with van der Waals surface area (Å²) in [7, 11) is 0. The van der Waals surface area contributed by atoms with Gasteiger partial charge < -0.3 is 10.2 Å². The fraction of sp³-hybridized carbons (Fsp3) is 0.0909. The number of nitrogens with one attached hydrogen (secondary N) is 1. The zero-order valence-electron chi connectivity index (χ0n) is 9.49. The van der Waals surface area contributed by atoms with E-state index in [1.807, 2.05) is 0 Å². The Bertz CT molecular complexity index is 640. The number of hydrogen-bond donors (Lipinski definition) is 1. The highest BCUT2D eigenvalue weighted by Crippen LogP contribution is 2.32. The summed E-state index contributed by atoms with van der Waals surface area (Å²) in [5, 5.41) is 5.96. The Balaban J connectivity index is 2.51. The van der Waals surface area contributed by atoms with Crippen LogP contribution >= 0.6 is 23.2 Å². The van der Waals surface area contributed by atoms with Crippen molar-refractivity contribution in [2.75, 3.05) is 5.32 Å². The number of amides is 1. The summed E-state index contributed by atoms with van der Waals surface area (Å²) >= 11 is 11.7. The zero-order valence-corrected chi connectivity index (χ0v) is 11.0. The van der Waals surface area contributed by atoms with Crippen molar-refractivity contribution in [3.05, 3.63) is 27.7 Å². The second kappa shape index (κ2) is 4.99. The average Bonchev–Trinajstić information content (AvgIpc) is 2.26. The number of benzene rings is 1. The standard InChI is InChI=1S/C11H6Cl2N2O4/c1-4(16)19-15-9-10(17)8-6(13)2-5(12)3-7(8)14-11(9)18/h2-3H,1H3,(H,14,18). The van der Waals surface area contributed by atoms with Gasteiger partial charge in [0.05, 0.1) is 16.3 Å². The van der Waals surface area contributed by atoms with Gasteiger partial charge in [-0.15, -0.1) is 0 Å². The Labute approximate surface area is 117 Å². The van der Waals surface area contributed by atoms with Crippen molar-refractivity contribution in [1.29, 1.82) is 0 Å². The Kier molecular flexibility index (Phi) is 3.55. The van der Waals surface area contributed by atoms with E-state index in [2.05, 4.69) is 15.3 Å². The minimum absolute atomic E-state index is 0.0524. The lowest BCUT2D eigenvalue weighted by Crippen LogP contribution is -2.36. The van der Waals surface area contributed by atoms with Crippen LogP contribution in [-0.2, 0) is 14.4 Å². The van der Waals surface area contributed by atoms with Gasteiger partial charge in [-0.25, -0.2) is 4.79 Å². The third kappa shape index (κ3) is 2.59. The van der Waals surface area contributed by atoms with Crippen LogP contribution in [0.3, 0.4) is 0 Å². The van der Waals surface area contributed by atoms with Crippen molar-refractivity contribution in [2.24, 2.45) is 5.16 Å². The first-order chi connectivity index (χ1) is 8.90. The highest BCUT2D eigenvalue weighted by Gasteiger charge is 2.33. The second-order valence-corrected chi connectivity index (χ2v) is 4.46. The predicted molar refractivity (Wildman–Crippen MR) is 68.6 cm³/mol. The van der Waals surface area contributed by atoms with Crippen LogP contribution in [-0.4, -0.2) is 23.4 Å². The van der Waals surface area contributed by atoms with E-state index in [-0.39, 0.29) is 21.3 Å². The van der Waals surface area contributed by atoms with E-state index in [0.717, 1.165) is 6.92 Å². The summed E-state index contributed by atoms with van der Waals surface area (Å²) in [4.78, 5) is 38.7. The monoisotopic (exact) mass is 300 g/mol. The molecule has 1 aliphatic heterocycles. The SMILES string of the molecule is CC(=O)ON=C1C(=O)Nc2cc(Cl)cc(Cl)c2C1=O. The average molecular weight is 301 g/mol. The topological polar surface area (TPSA) is 84.8 Å². The van der Waals surface area contributed by atoms with Crippen LogP contribution in [0.2, 0.25) is 10.0 Å². The lowest BCUT2D eigenvalue weighted by molar-refractivity contribution is -0.140. The van der Waals surface area contributed by atoms with Crippen LogP contribution in [0.15, 0.2) is 17.3 Å². The van der Waals surface area contributed by atoms with Crippen LogP contribution < -0.4 is 5.32 Å². The Hall–Kier alpha value is -1.92. The van der Waals surface area contributed by atoms with E-state index < -0.39 is 23.4 Å². The molecule has 0 unspecified atom stereocenters. The van der Waals surface area contributed by atoms with E-state index >= 15 is 0 Å². The summed E-state index contributed by atoms with van der Waals surface area (Å²) in [6, 6.07) is 2.75. The molecule has 0 fully saturated rings. The maximum Gasteiger partial charge on any atom is 0.332 e. The minimum atomic E-state index is -0.794. The van der Waals surface area contributed by atoms with Gasteiger partial charge in [-0.05, 0) is 12.1 Å². The Morgan fingerprint density at radius 1 is 1.32 bits per heavy atom. The fourth-order valence-electron chi connectivity index (χ4n) is 1.50. The molecular weight excluding hydrogens is 295 g/mol.